The second-order valence-electron chi connectivity index (χ2n) is 8.78. The van der Waals surface area contributed by atoms with Crippen LogP contribution in [0.1, 0.15) is 28.8 Å². The minimum absolute atomic E-state index is 0. The Morgan fingerprint density at radius 2 is 1.72 bits per heavy atom. The number of amides is 2. The van der Waals surface area contributed by atoms with Gasteiger partial charge >= 0.3 is 6.09 Å². The van der Waals surface area contributed by atoms with Gasteiger partial charge < -0.3 is 19.7 Å². The molecule has 5 rings (SSSR count). The molecule has 2 aromatic carbocycles. The van der Waals surface area contributed by atoms with Gasteiger partial charge in [0.2, 0.25) is 0 Å². The van der Waals surface area contributed by atoms with E-state index in [0.29, 0.717) is 36.1 Å². The highest BCUT2D eigenvalue weighted by Crippen LogP contribution is 2.28. The van der Waals surface area contributed by atoms with E-state index in [1.165, 1.54) is 5.69 Å². The van der Waals surface area contributed by atoms with Crippen molar-refractivity contribution in [1.29, 1.82) is 0 Å². The van der Waals surface area contributed by atoms with Gasteiger partial charge in [-0.1, -0.05) is 12.1 Å². The summed E-state index contributed by atoms with van der Waals surface area (Å²) in [5.74, 6) is 0.898. The first kappa shape index (κ1) is 25.3. The molecule has 0 saturated carbocycles. The van der Waals surface area contributed by atoms with Crippen molar-refractivity contribution in [3.8, 4) is 5.75 Å². The van der Waals surface area contributed by atoms with Crippen LogP contribution in [0, 0.1) is 5.92 Å². The maximum Gasteiger partial charge on any atom is 0.411 e. The summed E-state index contributed by atoms with van der Waals surface area (Å²) >= 11 is 0. The molecule has 0 unspecified atom stereocenters. The zero-order valence-electron chi connectivity index (χ0n) is 19.8. The number of piperidine rings is 1. The van der Waals surface area contributed by atoms with E-state index in [1.807, 2.05) is 24.3 Å². The molecule has 0 radical (unpaired) electrons. The average Bonchev–Trinajstić information content (AvgIpc) is 3.37. The van der Waals surface area contributed by atoms with E-state index in [1.54, 1.807) is 42.7 Å². The Morgan fingerprint density at radius 1 is 1.00 bits per heavy atom. The van der Waals surface area contributed by atoms with E-state index < -0.39 is 6.09 Å². The Morgan fingerprint density at radius 3 is 2.47 bits per heavy atom. The maximum atomic E-state index is 12.8. The Bertz CT molecular complexity index is 1200. The molecule has 1 fully saturated rings. The minimum Gasteiger partial charge on any atom is -0.493 e. The fourth-order valence-electron chi connectivity index (χ4n) is 4.48. The first-order valence-corrected chi connectivity index (χ1v) is 11.9. The molecule has 0 bridgehead atoms. The van der Waals surface area contributed by atoms with Crippen LogP contribution in [0.3, 0.4) is 0 Å². The molecule has 2 aliphatic rings. The number of rotatable bonds is 6. The van der Waals surface area contributed by atoms with Crippen LogP contribution in [0.5, 0.6) is 5.75 Å². The zero-order valence-corrected chi connectivity index (χ0v) is 20.6. The summed E-state index contributed by atoms with van der Waals surface area (Å²) in [5, 5.41) is 5.66. The monoisotopic (exact) mass is 508 g/mol. The number of carbonyl (C=O) groups excluding carboxylic acids is 2. The topological polar surface area (TPSA) is 92.8 Å². The predicted molar refractivity (Wildman–Crippen MR) is 141 cm³/mol. The van der Waals surface area contributed by atoms with Crippen LogP contribution in [0.15, 0.2) is 67.0 Å². The molecule has 2 N–H and O–H groups in total. The molecular formula is C27H29ClN4O4. The number of hydrogen-bond acceptors (Lipinski definition) is 6. The van der Waals surface area contributed by atoms with Gasteiger partial charge in [0, 0.05) is 43.2 Å². The summed E-state index contributed by atoms with van der Waals surface area (Å²) in [6, 6.07) is 16.5. The first-order valence-electron chi connectivity index (χ1n) is 11.9. The van der Waals surface area contributed by atoms with E-state index in [9.17, 15) is 9.59 Å². The molecule has 3 heterocycles. The van der Waals surface area contributed by atoms with E-state index >= 15 is 0 Å². The van der Waals surface area contributed by atoms with Crippen molar-refractivity contribution in [3.63, 3.8) is 0 Å². The molecule has 0 spiro atoms. The van der Waals surface area contributed by atoms with Gasteiger partial charge in [-0.15, -0.1) is 12.4 Å². The van der Waals surface area contributed by atoms with Crippen molar-refractivity contribution in [3.05, 3.63) is 78.1 Å². The number of nitrogens with zero attached hydrogens (tertiary/aromatic N) is 2. The van der Waals surface area contributed by atoms with Crippen molar-refractivity contribution in [2.45, 2.75) is 19.3 Å². The van der Waals surface area contributed by atoms with Gasteiger partial charge in [-0.2, -0.15) is 0 Å². The van der Waals surface area contributed by atoms with Crippen LogP contribution in [-0.2, 0) is 11.2 Å². The van der Waals surface area contributed by atoms with Crippen LogP contribution in [0.25, 0.3) is 0 Å². The SMILES string of the molecule is Cl.O=C(Nc1ccccc1NC(=O)c1ccc2c(c1)CCO2)OCC1CCN(c2ccncc2)CC1. The van der Waals surface area contributed by atoms with E-state index in [2.05, 4.69) is 20.5 Å². The number of carbonyl (C=O) groups is 2. The van der Waals surface area contributed by atoms with Crippen LogP contribution in [0.2, 0.25) is 0 Å². The highest BCUT2D eigenvalue weighted by atomic mass is 35.5. The van der Waals surface area contributed by atoms with Crippen molar-refractivity contribution >= 4 is 41.5 Å². The molecule has 8 nitrogen and oxygen atoms in total. The number of pyridine rings is 1. The zero-order chi connectivity index (χ0) is 24.0. The number of ether oxygens (including phenoxy) is 2. The molecule has 188 valence electrons. The molecule has 2 aliphatic heterocycles. The lowest BCUT2D eigenvalue weighted by atomic mass is 9.97. The number of para-hydroxylation sites is 2. The molecule has 0 atom stereocenters. The third-order valence-electron chi connectivity index (χ3n) is 6.46. The Balaban J connectivity index is 0.00000304. The van der Waals surface area contributed by atoms with Gasteiger partial charge in [0.25, 0.3) is 5.91 Å². The summed E-state index contributed by atoms with van der Waals surface area (Å²) < 4.78 is 11.0. The molecule has 3 aromatic rings. The smallest absolute Gasteiger partial charge is 0.411 e. The van der Waals surface area contributed by atoms with Crippen LogP contribution >= 0.6 is 12.4 Å². The molecule has 2 amide bonds. The highest BCUT2D eigenvalue weighted by Gasteiger charge is 2.21. The van der Waals surface area contributed by atoms with Crippen LogP contribution in [-0.4, -0.2) is 43.3 Å². The van der Waals surface area contributed by atoms with E-state index in [4.69, 9.17) is 9.47 Å². The van der Waals surface area contributed by atoms with Crippen LogP contribution < -0.4 is 20.3 Å². The van der Waals surface area contributed by atoms with Gasteiger partial charge in [-0.25, -0.2) is 4.79 Å². The standard InChI is InChI=1S/C27H28N4O4.ClH/c32-26(21-5-6-25-20(17-21)11-16-34-25)29-23-3-1-2-4-24(23)30-27(33)35-18-19-9-14-31(15-10-19)22-7-12-28-13-8-22;/h1-8,12-13,17,19H,9-11,14-16,18H2,(H,29,32)(H,30,33);1H. The van der Waals surface area contributed by atoms with E-state index in [0.717, 1.165) is 43.7 Å². The largest absolute Gasteiger partial charge is 0.493 e. The molecule has 9 heteroatoms. The normalized spacial score (nSPS) is 14.7. The number of hydrogen-bond donors (Lipinski definition) is 2. The lowest BCUT2D eigenvalue weighted by Crippen LogP contribution is -2.35. The summed E-state index contributed by atoms with van der Waals surface area (Å²) in [7, 11) is 0. The molecule has 0 aliphatic carbocycles. The summed E-state index contributed by atoms with van der Waals surface area (Å²) in [5.41, 5.74) is 3.74. The van der Waals surface area contributed by atoms with Gasteiger partial charge in [-0.05, 0) is 66.8 Å². The molecule has 1 aromatic heterocycles. The quantitative estimate of drug-likeness (QED) is 0.478. The van der Waals surface area contributed by atoms with Crippen molar-refractivity contribution < 1.29 is 19.1 Å². The maximum absolute atomic E-state index is 12.8. The van der Waals surface area contributed by atoms with Crippen LogP contribution in [0.4, 0.5) is 21.9 Å². The number of aromatic nitrogens is 1. The van der Waals surface area contributed by atoms with E-state index in [-0.39, 0.29) is 18.3 Å². The second kappa shape index (κ2) is 11.8. The fraction of sp³-hybridized carbons (Fsp3) is 0.296. The number of fused-ring (bicyclic) bond motifs is 1. The Hall–Kier alpha value is -3.78. The second-order valence-corrected chi connectivity index (χ2v) is 8.78. The molecule has 36 heavy (non-hydrogen) atoms. The lowest BCUT2D eigenvalue weighted by molar-refractivity contribution is 0.102. The third-order valence-corrected chi connectivity index (χ3v) is 6.46. The number of benzene rings is 2. The third kappa shape index (κ3) is 6.07. The lowest BCUT2D eigenvalue weighted by Gasteiger charge is -2.33. The summed E-state index contributed by atoms with van der Waals surface area (Å²) in [6.45, 7) is 2.84. The summed E-state index contributed by atoms with van der Waals surface area (Å²) in [6.07, 6.45) is 5.77. The van der Waals surface area contributed by atoms with Crippen molar-refractivity contribution in [2.75, 3.05) is 41.8 Å². The molecular weight excluding hydrogens is 480 g/mol. The molecule has 1 saturated heterocycles. The van der Waals surface area contributed by atoms with Gasteiger partial charge in [0.05, 0.1) is 24.6 Å². The Kier molecular flexibility index (Phi) is 8.28. The fourth-order valence-corrected chi connectivity index (χ4v) is 4.48. The van der Waals surface area contributed by atoms with Gasteiger partial charge in [0.15, 0.2) is 0 Å². The number of nitrogens with one attached hydrogen (secondary N) is 2. The highest BCUT2D eigenvalue weighted by molar-refractivity contribution is 6.07. The van der Waals surface area contributed by atoms with Gasteiger partial charge in [-0.3, -0.25) is 15.1 Å². The first-order chi connectivity index (χ1) is 17.2. The average molecular weight is 509 g/mol. The summed E-state index contributed by atoms with van der Waals surface area (Å²) in [4.78, 5) is 31.7. The predicted octanol–water partition coefficient (Wildman–Crippen LogP) is 5.16. The number of anilines is 3. The van der Waals surface area contributed by atoms with Crippen molar-refractivity contribution in [1.82, 2.24) is 4.98 Å². The number of halogens is 1. The van der Waals surface area contributed by atoms with Gasteiger partial charge in [0.1, 0.15) is 5.75 Å². The Labute approximate surface area is 216 Å². The van der Waals surface area contributed by atoms with Crippen molar-refractivity contribution in [2.24, 2.45) is 5.92 Å². The minimum atomic E-state index is -0.530.